The van der Waals surface area contributed by atoms with Crippen molar-refractivity contribution in [2.75, 3.05) is 6.61 Å². The molecule has 0 heterocycles. The van der Waals surface area contributed by atoms with E-state index in [2.05, 4.69) is 80.4 Å². The Balaban J connectivity index is 1.46. The number of allylic oxidation sites excluding steroid dienone is 2. The highest BCUT2D eigenvalue weighted by Gasteiger charge is 2.60. The highest BCUT2D eigenvalue weighted by atomic mass is 28.4. The minimum absolute atomic E-state index is 0.301. The van der Waals surface area contributed by atoms with Crippen LogP contribution in [0.25, 0.3) is 0 Å². The van der Waals surface area contributed by atoms with Crippen LogP contribution in [-0.4, -0.2) is 23.2 Å². The second-order valence-electron chi connectivity index (χ2n) is 16.2. The lowest BCUT2D eigenvalue weighted by atomic mass is 9.45. The standard InChI is InChI=1S/C31H58O2Si2/c1-22(21-32-35(10,11)29(2,3)4)26-14-15-27-25-13-12-23-20-24(33-34(7,8)9)16-18-30(23,5)28(25)17-19-31(26,27)6/h20,22-23,25-28H,12-19,21H2,1-11H3/t22-,23-,25-,26+,27-,28-,30-,31+/m0/s1. The molecule has 0 aromatic rings. The Kier molecular flexibility index (Phi) is 7.42. The lowest BCUT2D eigenvalue weighted by Crippen LogP contribution is -2.53. The Hall–Kier alpha value is -0.0662. The molecule has 4 rings (SSSR count). The molecule has 0 bridgehead atoms. The van der Waals surface area contributed by atoms with Gasteiger partial charge in [-0.1, -0.05) is 41.5 Å². The van der Waals surface area contributed by atoms with Crippen LogP contribution in [0.2, 0.25) is 37.8 Å². The third-order valence-corrected chi connectivity index (χ3v) is 17.3. The summed E-state index contributed by atoms with van der Waals surface area (Å²) in [5, 5.41) is 0.301. The van der Waals surface area contributed by atoms with Gasteiger partial charge in [0, 0.05) is 13.0 Å². The summed E-state index contributed by atoms with van der Waals surface area (Å²) in [6.45, 7) is 27.8. The Labute approximate surface area is 220 Å². The van der Waals surface area contributed by atoms with Crippen LogP contribution >= 0.6 is 0 Å². The van der Waals surface area contributed by atoms with Gasteiger partial charge in [0.15, 0.2) is 8.32 Å². The largest absolute Gasteiger partial charge is 0.548 e. The van der Waals surface area contributed by atoms with Crippen LogP contribution in [-0.2, 0) is 8.85 Å². The van der Waals surface area contributed by atoms with E-state index in [4.69, 9.17) is 8.85 Å². The predicted octanol–water partition coefficient (Wildman–Crippen LogP) is 9.65. The third-order valence-electron chi connectivity index (χ3n) is 12.0. The van der Waals surface area contributed by atoms with Crippen molar-refractivity contribution in [3.63, 3.8) is 0 Å². The summed E-state index contributed by atoms with van der Waals surface area (Å²) < 4.78 is 13.2. The van der Waals surface area contributed by atoms with Crippen LogP contribution in [0.15, 0.2) is 11.8 Å². The molecule has 4 aliphatic rings. The second-order valence-corrected chi connectivity index (χ2v) is 25.4. The zero-order valence-corrected chi connectivity index (χ0v) is 27.2. The van der Waals surface area contributed by atoms with Crippen molar-refractivity contribution >= 4 is 16.6 Å². The lowest BCUT2D eigenvalue weighted by Gasteiger charge is -2.60. The van der Waals surface area contributed by atoms with Crippen LogP contribution in [0.3, 0.4) is 0 Å². The van der Waals surface area contributed by atoms with E-state index in [9.17, 15) is 0 Å². The molecule has 0 spiro atoms. The zero-order valence-electron chi connectivity index (χ0n) is 25.2. The first-order valence-corrected chi connectivity index (χ1v) is 21.3. The average Bonchev–Trinajstić information content (AvgIpc) is 3.08. The molecule has 202 valence electrons. The minimum Gasteiger partial charge on any atom is -0.548 e. The van der Waals surface area contributed by atoms with Crippen LogP contribution in [0.5, 0.6) is 0 Å². The van der Waals surface area contributed by atoms with Crippen LogP contribution in [0.1, 0.15) is 92.9 Å². The Morgan fingerprint density at radius 1 is 0.914 bits per heavy atom. The summed E-state index contributed by atoms with van der Waals surface area (Å²) in [5.74, 6) is 6.39. The smallest absolute Gasteiger partial charge is 0.241 e. The maximum atomic E-state index is 6.75. The number of hydrogen-bond acceptors (Lipinski definition) is 2. The highest BCUT2D eigenvalue weighted by molar-refractivity contribution is 6.74. The molecule has 4 aliphatic carbocycles. The van der Waals surface area contributed by atoms with Crippen molar-refractivity contribution < 1.29 is 8.85 Å². The molecule has 35 heavy (non-hydrogen) atoms. The van der Waals surface area contributed by atoms with Gasteiger partial charge >= 0.3 is 0 Å². The van der Waals surface area contributed by atoms with Crippen LogP contribution < -0.4 is 0 Å². The topological polar surface area (TPSA) is 18.5 Å². The molecule has 0 unspecified atom stereocenters. The molecule has 3 saturated carbocycles. The summed E-state index contributed by atoms with van der Waals surface area (Å²) in [5.41, 5.74) is 1.02. The summed E-state index contributed by atoms with van der Waals surface area (Å²) in [6.07, 6.45) is 13.7. The number of rotatable bonds is 6. The third kappa shape index (κ3) is 5.15. The molecule has 0 N–H and O–H groups in total. The molecule has 0 saturated heterocycles. The van der Waals surface area contributed by atoms with Crippen molar-refractivity contribution in [2.45, 2.75) is 131 Å². The molecule has 4 heteroatoms. The second kappa shape index (κ2) is 9.29. The van der Waals surface area contributed by atoms with Gasteiger partial charge in [-0.3, -0.25) is 0 Å². The SMILES string of the molecule is C[C@@H](CO[Si](C)(C)C(C)(C)C)[C@H]1CC[C@H]2[C@@H]3CC[C@H]4C=C(O[Si](C)(C)C)CC[C@]4(C)[C@H]3CC[C@]12C. The fourth-order valence-electron chi connectivity index (χ4n) is 8.96. The zero-order chi connectivity index (χ0) is 26.0. The Morgan fingerprint density at radius 2 is 1.57 bits per heavy atom. The Morgan fingerprint density at radius 3 is 2.20 bits per heavy atom. The number of hydrogen-bond donors (Lipinski definition) is 0. The molecule has 0 aliphatic heterocycles. The fourth-order valence-corrected chi connectivity index (χ4v) is 11.0. The van der Waals surface area contributed by atoms with E-state index in [-0.39, 0.29) is 0 Å². The van der Waals surface area contributed by atoms with Gasteiger partial charge in [-0.15, -0.1) is 0 Å². The lowest BCUT2D eigenvalue weighted by molar-refractivity contribution is -0.0988. The monoisotopic (exact) mass is 518 g/mol. The Bertz CT molecular complexity index is 806. The summed E-state index contributed by atoms with van der Waals surface area (Å²) in [7, 11) is -3.19. The predicted molar refractivity (Wildman–Crippen MR) is 155 cm³/mol. The van der Waals surface area contributed by atoms with Gasteiger partial charge in [-0.05, 0) is 135 Å². The maximum Gasteiger partial charge on any atom is 0.241 e. The van der Waals surface area contributed by atoms with E-state index < -0.39 is 16.6 Å². The first kappa shape index (κ1) is 28.0. The van der Waals surface area contributed by atoms with Gasteiger partial charge in [-0.2, -0.15) is 0 Å². The van der Waals surface area contributed by atoms with E-state index >= 15 is 0 Å². The van der Waals surface area contributed by atoms with Crippen molar-refractivity contribution in [2.24, 2.45) is 46.3 Å². The maximum absolute atomic E-state index is 6.75. The van der Waals surface area contributed by atoms with Gasteiger partial charge in [-0.25, -0.2) is 0 Å². The molecule has 2 nitrogen and oxygen atoms in total. The van der Waals surface area contributed by atoms with Gasteiger partial charge < -0.3 is 8.85 Å². The molecular formula is C31H58O2Si2. The average molecular weight is 519 g/mol. The summed E-state index contributed by atoms with van der Waals surface area (Å²) in [6, 6.07) is 0. The molecule has 3 fully saturated rings. The first-order chi connectivity index (χ1) is 16.0. The molecule has 0 aromatic heterocycles. The highest BCUT2D eigenvalue weighted by Crippen LogP contribution is 2.68. The van der Waals surface area contributed by atoms with E-state index in [0.717, 1.165) is 36.2 Å². The summed E-state index contributed by atoms with van der Waals surface area (Å²) >= 11 is 0. The van der Waals surface area contributed by atoms with E-state index in [0.29, 0.717) is 21.8 Å². The molecule has 0 radical (unpaired) electrons. The molecule has 8 atom stereocenters. The quantitative estimate of drug-likeness (QED) is 0.326. The molecular weight excluding hydrogens is 461 g/mol. The van der Waals surface area contributed by atoms with Gasteiger partial charge in [0.25, 0.3) is 0 Å². The van der Waals surface area contributed by atoms with Crippen molar-refractivity contribution in [1.29, 1.82) is 0 Å². The van der Waals surface area contributed by atoms with Crippen molar-refractivity contribution in [1.82, 2.24) is 0 Å². The number of fused-ring (bicyclic) bond motifs is 5. The molecule has 0 aromatic carbocycles. The van der Waals surface area contributed by atoms with E-state index in [1.165, 1.54) is 57.1 Å². The first-order valence-electron chi connectivity index (χ1n) is 15.0. The van der Waals surface area contributed by atoms with Gasteiger partial charge in [0.1, 0.15) is 0 Å². The van der Waals surface area contributed by atoms with Crippen LogP contribution in [0, 0.1) is 46.3 Å². The van der Waals surface area contributed by atoms with Gasteiger partial charge in [0.05, 0.1) is 5.76 Å². The molecule has 0 amide bonds. The van der Waals surface area contributed by atoms with E-state index in [1.807, 2.05) is 0 Å². The van der Waals surface area contributed by atoms with Crippen molar-refractivity contribution in [3.05, 3.63) is 11.8 Å². The normalized spacial score (nSPS) is 40.9. The summed E-state index contributed by atoms with van der Waals surface area (Å²) in [4.78, 5) is 0. The van der Waals surface area contributed by atoms with Crippen molar-refractivity contribution in [3.8, 4) is 0 Å². The minimum atomic E-state index is -1.68. The van der Waals surface area contributed by atoms with Gasteiger partial charge in [0.2, 0.25) is 8.32 Å². The van der Waals surface area contributed by atoms with E-state index in [1.54, 1.807) is 0 Å². The van der Waals surface area contributed by atoms with Crippen LogP contribution in [0.4, 0.5) is 0 Å². The fraction of sp³-hybridized carbons (Fsp3) is 0.935.